The highest BCUT2D eigenvalue weighted by Crippen LogP contribution is 2.48. The lowest BCUT2D eigenvalue weighted by Gasteiger charge is -2.29. The van der Waals surface area contributed by atoms with Crippen LogP contribution in [-0.4, -0.2) is 17.9 Å². The number of hydroxylamine groups is 1. The first kappa shape index (κ1) is 22.9. The van der Waals surface area contributed by atoms with Crippen LogP contribution in [0.4, 0.5) is 11.4 Å². The molecule has 2 amide bonds. The molecule has 2 aliphatic rings. The van der Waals surface area contributed by atoms with Crippen LogP contribution in [0.2, 0.25) is 10.0 Å². The third-order valence-corrected chi connectivity index (χ3v) is 7.14. The minimum absolute atomic E-state index is 0.00382. The second-order valence-electron chi connectivity index (χ2n) is 9.64. The number of hydrogen-bond donors (Lipinski definition) is 0. The summed E-state index contributed by atoms with van der Waals surface area (Å²) in [6.45, 7) is 6.46. The van der Waals surface area contributed by atoms with E-state index in [-0.39, 0.29) is 16.3 Å². The highest BCUT2D eigenvalue weighted by molar-refractivity contribution is 6.42. The van der Waals surface area contributed by atoms with E-state index in [2.05, 4.69) is 32.9 Å². The van der Waals surface area contributed by atoms with Crippen LogP contribution < -0.4 is 9.96 Å². The topological polar surface area (TPSA) is 49.9 Å². The molecule has 3 atom stereocenters. The number of carbonyl (C=O) groups excluding carboxylic acids is 2. The predicted molar refractivity (Wildman–Crippen MR) is 134 cm³/mol. The Labute approximate surface area is 208 Å². The van der Waals surface area contributed by atoms with E-state index in [1.807, 2.05) is 42.5 Å². The first-order valence-corrected chi connectivity index (χ1v) is 11.9. The first-order chi connectivity index (χ1) is 16.2. The molecule has 0 radical (unpaired) electrons. The monoisotopic (exact) mass is 494 g/mol. The molecule has 2 saturated heterocycles. The van der Waals surface area contributed by atoms with E-state index >= 15 is 0 Å². The Morgan fingerprint density at radius 1 is 0.794 bits per heavy atom. The first-order valence-electron chi connectivity index (χ1n) is 11.1. The van der Waals surface area contributed by atoms with E-state index in [1.165, 1.54) is 11.6 Å². The van der Waals surface area contributed by atoms with Gasteiger partial charge in [-0.25, -0.2) is 9.96 Å². The number of halogens is 2. The Kier molecular flexibility index (Phi) is 5.67. The molecule has 5 nitrogen and oxygen atoms in total. The molecule has 0 saturated carbocycles. The fourth-order valence-electron chi connectivity index (χ4n) is 4.61. The SMILES string of the molecule is CC(C)(C)c1ccc([C@@H]2[C@H]3C(=O)N(c4ccc(Cl)c(Cl)c4)C(=O)[C@H]3ON2c2ccccc2)cc1. The van der Waals surface area contributed by atoms with Crippen molar-refractivity contribution in [2.75, 3.05) is 9.96 Å². The molecule has 3 aromatic carbocycles. The van der Waals surface area contributed by atoms with Crippen LogP contribution in [0.15, 0.2) is 72.8 Å². The number of anilines is 2. The number of benzene rings is 3. The van der Waals surface area contributed by atoms with Crippen molar-refractivity contribution in [1.82, 2.24) is 0 Å². The summed E-state index contributed by atoms with van der Waals surface area (Å²) in [5.74, 6) is -1.44. The van der Waals surface area contributed by atoms with E-state index in [4.69, 9.17) is 28.0 Å². The lowest BCUT2D eigenvalue weighted by atomic mass is 9.84. The maximum atomic E-state index is 13.7. The molecule has 0 aromatic heterocycles. The number of rotatable bonds is 3. The summed E-state index contributed by atoms with van der Waals surface area (Å²) in [4.78, 5) is 34.5. The quantitative estimate of drug-likeness (QED) is 0.398. The van der Waals surface area contributed by atoms with Gasteiger partial charge in [-0.2, -0.15) is 0 Å². The van der Waals surface area contributed by atoms with Crippen LogP contribution in [0.25, 0.3) is 0 Å². The van der Waals surface area contributed by atoms with Gasteiger partial charge >= 0.3 is 0 Å². The molecule has 7 heteroatoms. The van der Waals surface area contributed by atoms with Gasteiger partial charge in [0.2, 0.25) is 5.91 Å². The zero-order valence-corrected chi connectivity index (χ0v) is 20.5. The van der Waals surface area contributed by atoms with Crippen molar-refractivity contribution in [3.63, 3.8) is 0 Å². The Balaban J connectivity index is 1.57. The second kappa shape index (κ2) is 8.42. The molecule has 174 valence electrons. The Morgan fingerprint density at radius 2 is 1.47 bits per heavy atom. The molecule has 0 N–H and O–H groups in total. The third kappa shape index (κ3) is 3.78. The van der Waals surface area contributed by atoms with E-state index in [0.29, 0.717) is 10.7 Å². The molecule has 2 fully saturated rings. The Morgan fingerprint density at radius 3 is 2.09 bits per heavy atom. The highest BCUT2D eigenvalue weighted by Gasteiger charge is 2.60. The van der Waals surface area contributed by atoms with E-state index < -0.39 is 24.0 Å². The van der Waals surface area contributed by atoms with Gasteiger partial charge in [0.05, 0.1) is 27.5 Å². The molecule has 3 aromatic rings. The standard InChI is InChI=1S/C27H24Cl2N2O3/c1-27(2,3)17-11-9-16(10-12-17)23-22-24(34-31(23)18-7-5-4-6-8-18)26(33)30(25(22)32)19-13-14-20(28)21(29)15-19/h4-15,22-24H,1-3H3/t22-,23-,24+/m1/s1. The fraction of sp³-hybridized carbons (Fsp3) is 0.259. The van der Waals surface area contributed by atoms with Crippen molar-refractivity contribution < 1.29 is 14.4 Å². The Hall–Kier alpha value is -2.86. The van der Waals surface area contributed by atoms with Gasteiger partial charge < -0.3 is 0 Å². The summed E-state index contributed by atoms with van der Waals surface area (Å²) in [6.07, 6.45) is -0.936. The Bertz CT molecular complexity index is 1260. The summed E-state index contributed by atoms with van der Waals surface area (Å²) in [6, 6.07) is 22.0. The van der Waals surface area contributed by atoms with Gasteiger partial charge in [0.1, 0.15) is 5.92 Å². The van der Waals surface area contributed by atoms with E-state index in [0.717, 1.165) is 16.2 Å². The fourth-order valence-corrected chi connectivity index (χ4v) is 4.90. The zero-order chi connectivity index (χ0) is 24.2. The summed E-state index contributed by atoms with van der Waals surface area (Å²) >= 11 is 12.2. The maximum Gasteiger partial charge on any atom is 0.266 e. The minimum Gasteiger partial charge on any atom is -0.273 e. The molecule has 34 heavy (non-hydrogen) atoms. The average molecular weight is 495 g/mol. The summed E-state index contributed by atoms with van der Waals surface area (Å²) in [7, 11) is 0. The van der Waals surface area contributed by atoms with Crippen LogP contribution >= 0.6 is 23.2 Å². The van der Waals surface area contributed by atoms with Crippen LogP contribution in [-0.2, 0) is 19.8 Å². The van der Waals surface area contributed by atoms with Crippen LogP contribution in [0.1, 0.15) is 37.9 Å². The third-order valence-electron chi connectivity index (χ3n) is 6.41. The molecular formula is C27H24Cl2N2O3. The van der Waals surface area contributed by atoms with Crippen molar-refractivity contribution in [2.24, 2.45) is 5.92 Å². The zero-order valence-electron chi connectivity index (χ0n) is 19.0. The molecule has 0 bridgehead atoms. The minimum atomic E-state index is -0.936. The number of amides is 2. The molecular weight excluding hydrogens is 471 g/mol. The van der Waals surface area contributed by atoms with Crippen LogP contribution in [0.3, 0.4) is 0 Å². The van der Waals surface area contributed by atoms with Crippen molar-refractivity contribution in [3.05, 3.63) is 94.0 Å². The molecule has 0 spiro atoms. The molecule has 0 aliphatic carbocycles. The maximum absolute atomic E-state index is 13.7. The number of imide groups is 1. The predicted octanol–water partition coefficient (Wildman–Crippen LogP) is 6.34. The number of para-hydroxylation sites is 1. The van der Waals surface area contributed by atoms with Crippen molar-refractivity contribution in [2.45, 2.75) is 38.3 Å². The van der Waals surface area contributed by atoms with Gasteiger partial charge in [-0.05, 0) is 46.9 Å². The van der Waals surface area contributed by atoms with E-state index in [1.54, 1.807) is 17.2 Å². The summed E-state index contributed by atoms with van der Waals surface area (Å²) in [5, 5.41) is 2.33. The van der Waals surface area contributed by atoms with Gasteiger partial charge in [0.25, 0.3) is 5.91 Å². The lowest BCUT2D eigenvalue weighted by Crippen LogP contribution is -2.37. The van der Waals surface area contributed by atoms with Crippen molar-refractivity contribution in [1.29, 1.82) is 0 Å². The summed E-state index contributed by atoms with van der Waals surface area (Å²) < 4.78 is 0. The summed E-state index contributed by atoms with van der Waals surface area (Å²) in [5.41, 5.74) is 3.25. The van der Waals surface area contributed by atoms with Crippen LogP contribution in [0.5, 0.6) is 0 Å². The average Bonchev–Trinajstić information content (AvgIpc) is 3.32. The van der Waals surface area contributed by atoms with Gasteiger partial charge in [-0.3, -0.25) is 14.4 Å². The van der Waals surface area contributed by atoms with Gasteiger partial charge in [-0.1, -0.05) is 86.4 Å². The lowest BCUT2D eigenvalue weighted by molar-refractivity contribution is -0.126. The molecule has 0 unspecified atom stereocenters. The molecule has 5 rings (SSSR count). The van der Waals surface area contributed by atoms with E-state index in [9.17, 15) is 9.59 Å². The van der Waals surface area contributed by atoms with Crippen LogP contribution in [0, 0.1) is 5.92 Å². The van der Waals surface area contributed by atoms with Gasteiger partial charge in [0.15, 0.2) is 6.10 Å². The number of fused-ring (bicyclic) bond motifs is 1. The highest BCUT2D eigenvalue weighted by atomic mass is 35.5. The number of hydrogen-bond acceptors (Lipinski definition) is 4. The van der Waals surface area contributed by atoms with Gasteiger partial charge in [0, 0.05) is 0 Å². The van der Waals surface area contributed by atoms with Crippen molar-refractivity contribution >= 4 is 46.4 Å². The molecule has 2 aliphatic heterocycles. The largest absolute Gasteiger partial charge is 0.273 e. The molecule has 2 heterocycles. The number of carbonyl (C=O) groups is 2. The normalized spacial score (nSPS) is 22.4. The van der Waals surface area contributed by atoms with Gasteiger partial charge in [-0.15, -0.1) is 0 Å². The van der Waals surface area contributed by atoms with Crippen molar-refractivity contribution in [3.8, 4) is 0 Å². The smallest absolute Gasteiger partial charge is 0.266 e. The second-order valence-corrected chi connectivity index (χ2v) is 10.5. The number of nitrogens with zero attached hydrogens (tertiary/aromatic N) is 2.